The summed E-state index contributed by atoms with van der Waals surface area (Å²) in [5.41, 5.74) is 2.76. The summed E-state index contributed by atoms with van der Waals surface area (Å²) in [6.07, 6.45) is 0. The summed E-state index contributed by atoms with van der Waals surface area (Å²) in [4.78, 5) is 12.9. The number of aromatic nitrogens is 4. The number of aryl methyl sites for hydroxylation is 1. The van der Waals surface area contributed by atoms with Crippen LogP contribution in [0.15, 0.2) is 75.7 Å². The molecule has 1 N–H and O–H groups in total. The highest BCUT2D eigenvalue weighted by Gasteiger charge is 2.18. The Hall–Kier alpha value is -3.94. The van der Waals surface area contributed by atoms with Gasteiger partial charge in [0.1, 0.15) is 0 Å². The lowest BCUT2D eigenvalue weighted by atomic mass is 10.3. The number of para-hydroxylation sites is 2. The molecule has 0 aliphatic heterocycles. The molecule has 0 amide bonds. The smallest absolute Gasteiger partial charge is 0.299 e. The van der Waals surface area contributed by atoms with Crippen molar-refractivity contribution in [3.8, 4) is 17.3 Å². The molecule has 4 rings (SSSR count). The first-order chi connectivity index (χ1) is 14.0. The van der Waals surface area contributed by atoms with Gasteiger partial charge < -0.3 is 5.11 Å². The van der Waals surface area contributed by atoms with E-state index in [-0.39, 0.29) is 22.8 Å². The van der Waals surface area contributed by atoms with Crippen LogP contribution in [0.25, 0.3) is 11.4 Å². The number of nitrogens with zero attached hydrogens (tertiary/aromatic N) is 6. The van der Waals surface area contributed by atoms with E-state index >= 15 is 0 Å². The van der Waals surface area contributed by atoms with Gasteiger partial charge in [0.25, 0.3) is 5.56 Å². The second kappa shape index (κ2) is 7.23. The zero-order valence-electron chi connectivity index (χ0n) is 16.3. The van der Waals surface area contributed by atoms with Gasteiger partial charge in [-0.1, -0.05) is 36.4 Å². The number of azo groups is 1. The van der Waals surface area contributed by atoms with E-state index in [1.54, 1.807) is 25.6 Å². The molecule has 0 saturated carbocycles. The van der Waals surface area contributed by atoms with Gasteiger partial charge in [0.2, 0.25) is 5.88 Å². The van der Waals surface area contributed by atoms with Crippen molar-refractivity contribution in [2.75, 3.05) is 0 Å². The molecule has 0 fully saturated rings. The van der Waals surface area contributed by atoms with Crippen LogP contribution in [-0.2, 0) is 7.05 Å². The van der Waals surface area contributed by atoms with Gasteiger partial charge >= 0.3 is 0 Å². The summed E-state index contributed by atoms with van der Waals surface area (Å²) in [5, 5.41) is 23.2. The average molecular weight is 388 g/mol. The Balaban J connectivity index is 1.77. The number of aromatic hydroxyl groups is 1. The Morgan fingerprint density at radius 1 is 0.862 bits per heavy atom. The predicted octanol–water partition coefficient (Wildman–Crippen LogP) is 4.10. The normalized spacial score (nSPS) is 11.4. The third-order valence-electron chi connectivity index (χ3n) is 4.78. The Bertz CT molecular complexity index is 1250. The molecule has 0 radical (unpaired) electrons. The van der Waals surface area contributed by atoms with Gasteiger partial charge in [-0.3, -0.25) is 9.48 Å². The number of rotatable bonds is 4. The first-order valence-electron chi connectivity index (χ1n) is 9.09. The van der Waals surface area contributed by atoms with E-state index in [0.717, 1.165) is 5.69 Å². The summed E-state index contributed by atoms with van der Waals surface area (Å²) in [6, 6.07) is 18.6. The van der Waals surface area contributed by atoms with Gasteiger partial charge in [-0.25, -0.2) is 4.68 Å². The zero-order chi connectivity index (χ0) is 20.5. The second-order valence-electron chi connectivity index (χ2n) is 6.62. The molecule has 8 nitrogen and oxygen atoms in total. The molecule has 0 bridgehead atoms. The molecule has 4 aromatic rings. The third kappa shape index (κ3) is 3.14. The fourth-order valence-electron chi connectivity index (χ4n) is 3.14. The molecule has 29 heavy (non-hydrogen) atoms. The lowest BCUT2D eigenvalue weighted by Gasteiger charge is -2.07. The lowest BCUT2D eigenvalue weighted by Crippen LogP contribution is -2.19. The Kier molecular flexibility index (Phi) is 4.59. The quantitative estimate of drug-likeness (QED) is 0.534. The van der Waals surface area contributed by atoms with Crippen molar-refractivity contribution in [2.45, 2.75) is 13.8 Å². The highest BCUT2D eigenvalue weighted by atomic mass is 16.3. The fraction of sp³-hybridized carbons (Fsp3) is 0.143. The van der Waals surface area contributed by atoms with Gasteiger partial charge in [0, 0.05) is 7.05 Å². The van der Waals surface area contributed by atoms with Crippen molar-refractivity contribution in [1.82, 2.24) is 19.1 Å². The second-order valence-corrected chi connectivity index (χ2v) is 6.62. The lowest BCUT2D eigenvalue weighted by molar-refractivity contribution is 0.434. The highest BCUT2D eigenvalue weighted by Crippen LogP contribution is 2.33. The molecular weight excluding hydrogens is 368 g/mol. The van der Waals surface area contributed by atoms with E-state index in [9.17, 15) is 9.90 Å². The molecule has 0 aliphatic rings. The van der Waals surface area contributed by atoms with Gasteiger partial charge in [0.15, 0.2) is 11.4 Å². The summed E-state index contributed by atoms with van der Waals surface area (Å²) in [6.45, 7) is 3.53. The summed E-state index contributed by atoms with van der Waals surface area (Å²) in [5.74, 6) is -0.130. The minimum atomic E-state index is -0.285. The number of benzene rings is 2. The van der Waals surface area contributed by atoms with E-state index in [4.69, 9.17) is 0 Å². The van der Waals surface area contributed by atoms with Gasteiger partial charge in [-0.05, 0) is 38.1 Å². The molecule has 8 heteroatoms. The molecule has 146 valence electrons. The van der Waals surface area contributed by atoms with Gasteiger partial charge in [0.05, 0.1) is 22.8 Å². The Labute approximate surface area is 167 Å². The van der Waals surface area contributed by atoms with E-state index in [0.29, 0.717) is 17.1 Å². The van der Waals surface area contributed by atoms with Crippen LogP contribution in [0.1, 0.15) is 11.4 Å². The van der Waals surface area contributed by atoms with Crippen molar-refractivity contribution < 1.29 is 5.11 Å². The number of hydrogen-bond donors (Lipinski definition) is 1. The van der Waals surface area contributed by atoms with Crippen molar-refractivity contribution in [3.63, 3.8) is 0 Å². The zero-order valence-corrected chi connectivity index (χ0v) is 16.3. The van der Waals surface area contributed by atoms with Crippen LogP contribution in [0.4, 0.5) is 11.4 Å². The Morgan fingerprint density at radius 2 is 1.41 bits per heavy atom. The monoisotopic (exact) mass is 388 g/mol. The number of hydrogen-bond acceptors (Lipinski definition) is 5. The minimum absolute atomic E-state index is 0.130. The largest absolute Gasteiger partial charge is 0.492 e. The van der Waals surface area contributed by atoms with Crippen LogP contribution < -0.4 is 5.56 Å². The molecule has 0 unspecified atom stereocenters. The van der Waals surface area contributed by atoms with Crippen LogP contribution in [0.3, 0.4) is 0 Å². The maximum atomic E-state index is 12.9. The first-order valence-corrected chi connectivity index (χ1v) is 9.09. The van der Waals surface area contributed by atoms with Gasteiger partial charge in [-0.2, -0.15) is 9.78 Å². The van der Waals surface area contributed by atoms with Crippen LogP contribution in [0.2, 0.25) is 0 Å². The van der Waals surface area contributed by atoms with Crippen molar-refractivity contribution in [3.05, 3.63) is 82.4 Å². The van der Waals surface area contributed by atoms with Crippen LogP contribution in [-0.4, -0.2) is 24.3 Å². The maximum absolute atomic E-state index is 12.9. The summed E-state index contributed by atoms with van der Waals surface area (Å²) in [7, 11) is 1.79. The third-order valence-corrected chi connectivity index (χ3v) is 4.78. The van der Waals surface area contributed by atoms with Crippen molar-refractivity contribution in [2.24, 2.45) is 17.3 Å². The molecule has 2 heterocycles. The summed E-state index contributed by atoms with van der Waals surface area (Å²) >= 11 is 0. The van der Waals surface area contributed by atoms with E-state index in [1.807, 2.05) is 60.7 Å². The summed E-state index contributed by atoms with van der Waals surface area (Å²) < 4.78 is 4.65. The average Bonchev–Trinajstić information content (AvgIpc) is 3.14. The predicted molar refractivity (Wildman–Crippen MR) is 110 cm³/mol. The van der Waals surface area contributed by atoms with Crippen LogP contribution >= 0.6 is 0 Å². The van der Waals surface area contributed by atoms with Crippen molar-refractivity contribution >= 4 is 11.4 Å². The van der Waals surface area contributed by atoms with E-state index in [1.165, 1.54) is 9.36 Å². The standard InChI is InChI=1S/C21H20N6O2/c1-14-18(20(28)26(24-14)16-10-6-4-7-11-16)22-23-19-15(2)25(3)27(21(19)29)17-12-8-5-9-13-17/h4-13,28H,1-3H3/b23-22+. The van der Waals surface area contributed by atoms with Gasteiger partial charge in [-0.15, -0.1) is 10.2 Å². The van der Waals surface area contributed by atoms with E-state index in [2.05, 4.69) is 15.3 Å². The van der Waals surface area contributed by atoms with Crippen LogP contribution in [0.5, 0.6) is 5.88 Å². The highest BCUT2D eigenvalue weighted by molar-refractivity contribution is 5.55. The molecule has 0 atom stereocenters. The SMILES string of the molecule is Cc1nn(-c2ccccc2)c(O)c1/N=N/c1c(C)n(C)n(-c2ccccc2)c1=O. The first kappa shape index (κ1) is 18.4. The minimum Gasteiger partial charge on any atom is -0.492 e. The Morgan fingerprint density at radius 3 is 2.03 bits per heavy atom. The van der Waals surface area contributed by atoms with Crippen LogP contribution in [0, 0.1) is 13.8 Å². The molecule has 2 aromatic carbocycles. The van der Waals surface area contributed by atoms with E-state index < -0.39 is 0 Å². The molecular formula is C21H20N6O2. The topological polar surface area (TPSA) is 89.7 Å². The molecule has 0 aliphatic carbocycles. The maximum Gasteiger partial charge on any atom is 0.299 e. The molecule has 2 aromatic heterocycles. The molecule has 0 saturated heterocycles. The fourth-order valence-corrected chi connectivity index (χ4v) is 3.14. The molecule has 0 spiro atoms. The van der Waals surface area contributed by atoms with Crippen molar-refractivity contribution in [1.29, 1.82) is 0 Å².